The van der Waals surface area contributed by atoms with Gasteiger partial charge in [-0.25, -0.2) is 0 Å². The van der Waals surface area contributed by atoms with Crippen LogP contribution in [0.15, 0.2) is 42.6 Å². The predicted octanol–water partition coefficient (Wildman–Crippen LogP) is 4.33. The molecular formula is C28H31N7. The van der Waals surface area contributed by atoms with Gasteiger partial charge in [0, 0.05) is 17.1 Å². The van der Waals surface area contributed by atoms with E-state index in [0.717, 1.165) is 59.6 Å². The lowest BCUT2D eigenvalue weighted by Gasteiger charge is -2.30. The highest BCUT2D eigenvalue weighted by Crippen LogP contribution is 2.29. The van der Waals surface area contributed by atoms with E-state index in [1.165, 1.54) is 0 Å². The molecule has 178 valence electrons. The van der Waals surface area contributed by atoms with Crippen molar-refractivity contribution in [2.45, 2.75) is 44.7 Å². The van der Waals surface area contributed by atoms with Crippen molar-refractivity contribution in [2.24, 2.45) is 0 Å². The van der Waals surface area contributed by atoms with Gasteiger partial charge in [-0.15, -0.1) is 0 Å². The molecule has 35 heavy (non-hydrogen) atoms. The molecular weight excluding hydrogens is 434 g/mol. The minimum Gasteiger partial charge on any atom is -0.382 e. The number of nitriles is 2. The summed E-state index contributed by atoms with van der Waals surface area (Å²) in [6, 6.07) is 17.0. The number of nitrogens with zero attached hydrogens (tertiary/aromatic N) is 5. The summed E-state index contributed by atoms with van der Waals surface area (Å²) in [6.07, 6.45) is 3.96. The SMILES string of the molecule is CN1CCC(Nc2cccc3c2cc(C#CCNc2ccc(C(C)(C)C#N)nc2)n3CC#N)CC1. The maximum Gasteiger partial charge on any atom is 0.111 e. The minimum absolute atomic E-state index is 0.249. The Morgan fingerprint density at radius 1 is 1.14 bits per heavy atom. The number of hydrogen-bond donors (Lipinski definition) is 2. The number of aromatic nitrogens is 2. The topological polar surface area (TPSA) is 92.7 Å². The highest BCUT2D eigenvalue weighted by Gasteiger charge is 2.21. The second kappa shape index (κ2) is 10.5. The molecule has 0 bridgehead atoms. The molecule has 4 rings (SSSR count). The molecule has 1 aromatic carbocycles. The lowest BCUT2D eigenvalue weighted by atomic mass is 9.91. The summed E-state index contributed by atoms with van der Waals surface area (Å²) in [4.78, 5) is 6.77. The molecule has 0 saturated carbocycles. The zero-order valence-electron chi connectivity index (χ0n) is 20.6. The van der Waals surface area contributed by atoms with Crippen molar-refractivity contribution in [3.8, 4) is 24.0 Å². The van der Waals surface area contributed by atoms with Crippen LogP contribution in [0.5, 0.6) is 0 Å². The van der Waals surface area contributed by atoms with Gasteiger partial charge >= 0.3 is 0 Å². The number of hydrogen-bond acceptors (Lipinski definition) is 6. The first kappa shape index (κ1) is 24.1. The monoisotopic (exact) mass is 465 g/mol. The van der Waals surface area contributed by atoms with Crippen LogP contribution in [0.4, 0.5) is 11.4 Å². The highest BCUT2D eigenvalue weighted by molar-refractivity contribution is 5.94. The lowest BCUT2D eigenvalue weighted by Crippen LogP contribution is -2.36. The summed E-state index contributed by atoms with van der Waals surface area (Å²) in [5, 5.41) is 26.8. The van der Waals surface area contributed by atoms with Crippen LogP contribution in [0.1, 0.15) is 38.1 Å². The van der Waals surface area contributed by atoms with E-state index in [4.69, 9.17) is 0 Å². The van der Waals surface area contributed by atoms with Crippen LogP contribution in [0, 0.1) is 34.5 Å². The molecule has 7 heteroatoms. The van der Waals surface area contributed by atoms with Crippen LogP contribution < -0.4 is 10.6 Å². The Hall–Kier alpha value is -3.99. The molecule has 0 amide bonds. The zero-order valence-corrected chi connectivity index (χ0v) is 20.6. The van der Waals surface area contributed by atoms with Gasteiger partial charge in [0.1, 0.15) is 6.54 Å². The second-order valence-electron chi connectivity index (χ2n) is 9.56. The maximum atomic E-state index is 9.42. The molecule has 3 heterocycles. The van der Waals surface area contributed by atoms with Gasteiger partial charge in [-0.1, -0.05) is 12.0 Å². The van der Waals surface area contributed by atoms with E-state index >= 15 is 0 Å². The number of piperidine rings is 1. The first-order valence-corrected chi connectivity index (χ1v) is 12.0. The summed E-state index contributed by atoms with van der Waals surface area (Å²) in [7, 11) is 2.17. The molecule has 1 aliphatic rings. The van der Waals surface area contributed by atoms with Crippen molar-refractivity contribution in [1.82, 2.24) is 14.5 Å². The molecule has 1 aliphatic heterocycles. The van der Waals surface area contributed by atoms with Gasteiger partial charge in [0.05, 0.1) is 52.9 Å². The third-order valence-corrected chi connectivity index (χ3v) is 6.53. The third kappa shape index (κ3) is 5.57. The van der Waals surface area contributed by atoms with E-state index in [1.807, 2.05) is 42.7 Å². The lowest BCUT2D eigenvalue weighted by molar-refractivity contribution is 0.264. The summed E-state index contributed by atoms with van der Waals surface area (Å²) < 4.78 is 1.97. The van der Waals surface area contributed by atoms with Gasteiger partial charge in [-0.2, -0.15) is 10.5 Å². The Bertz CT molecular complexity index is 1320. The Balaban J connectivity index is 1.50. The average molecular weight is 466 g/mol. The van der Waals surface area contributed by atoms with Crippen molar-refractivity contribution in [3.05, 3.63) is 54.0 Å². The summed E-state index contributed by atoms with van der Waals surface area (Å²) >= 11 is 0. The molecule has 0 radical (unpaired) electrons. The molecule has 0 atom stereocenters. The first-order valence-electron chi connectivity index (χ1n) is 12.0. The largest absolute Gasteiger partial charge is 0.382 e. The molecule has 0 spiro atoms. The van der Waals surface area contributed by atoms with Crippen molar-refractivity contribution >= 4 is 22.3 Å². The number of pyridine rings is 1. The van der Waals surface area contributed by atoms with Crippen LogP contribution in [0.25, 0.3) is 10.9 Å². The second-order valence-corrected chi connectivity index (χ2v) is 9.56. The number of likely N-dealkylation sites (tertiary alicyclic amines) is 1. The highest BCUT2D eigenvalue weighted by atomic mass is 15.1. The molecule has 0 unspecified atom stereocenters. The number of fused-ring (bicyclic) bond motifs is 1. The van der Waals surface area contributed by atoms with E-state index < -0.39 is 5.41 Å². The molecule has 3 aromatic rings. The van der Waals surface area contributed by atoms with E-state index in [2.05, 4.69) is 63.7 Å². The van der Waals surface area contributed by atoms with Crippen molar-refractivity contribution in [1.29, 1.82) is 10.5 Å². The molecule has 1 saturated heterocycles. The first-order chi connectivity index (χ1) is 16.9. The Morgan fingerprint density at radius 2 is 1.94 bits per heavy atom. The van der Waals surface area contributed by atoms with Gasteiger partial charge in [0.2, 0.25) is 0 Å². The summed E-state index contributed by atoms with van der Waals surface area (Å²) in [6.45, 7) is 6.59. The minimum atomic E-state index is -0.618. The van der Waals surface area contributed by atoms with Crippen LogP contribution in [-0.2, 0) is 12.0 Å². The molecule has 1 fully saturated rings. The van der Waals surface area contributed by atoms with Gasteiger partial charge in [-0.3, -0.25) is 4.98 Å². The van der Waals surface area contributed by atoms with E-state index in [0.29, 0.717) is 12.6 Å². The summed E-state index contributed by atoms with van der Waals surface area (Å²) in [5.41, 5.74) is 3.91. The molecule has 2 N–H and O–H groups in total. The normalized spacial score (nSPS) is 14.5. The van der Waals surface area contributed by atoms with E-state index in [1.54, 1.807) is 6.20 Å². The summed E-state index contributed by atoms with van der Waals surface area (Å²) in [5.74, 6) is 6.41. The van der Waals surface area contributed by atoms with Gasteiger partial charge in [-0.05, 0) is 83.1 Å². The van der Waals surface area contributed by atoms with Gasteiger partial charge in [0.15, 0.2) is 0 Å². The van der Waals surface area contributed by atoms with Crippen LogP contribution in [0.2, 0.25) is 0 Å². The van der Waals surface area contributed by atoms with Crippen LogP contribution in [0.3, 0.4) is 0 Å². The molecule has 2 aromatic heterocycles. The van der Waals surface area contributed by atoms with Crippen molar-refractivity contribution in [2.75, 3.05) is 37.3 Å². The van der Waals surface area contributed by atoms with Gasteiger partial charge < -0.3 is 20.1 Å². The maximum absolute atomic E-state index is 9.42. The third-order valence-electron chi connectivity index (χ3n) is 6.53. The Kier molecular flexibility index (Phi) is 7.25. The van der Waals surface area contributed by atoms with Crippen molar-refractivity contribution in [3.63, 3.8) is 0 Å². The molecule has 7 nitrogen and oxygen atoms in total. The quantitative estimate of drug-likeness (QED) is 0.527. The van der Waals surface area contributed by atoms with Gasteiger partial charge in [0.25, 0.3) is 0 Å². The van der Waals surface area contributed by atoms with Crippen LogP contribution >= 0.6 is 0 Å². The standard InChI is InChI=1S/C28H31N7/c1-28(2,20-30)27-10-9-22(19-32-27)31-14-5-6-23-18-24-25(33-21-11-15-34(3)16-12-21)7-4-8-26(24)35(23)17-13-29/h4,7-10,18-19,21,31,33H,11-12,14-17H2,1-3H3. The predicted molar refractivity (Wildman–Crippen MR) is 140 cm³/mol. The van der Waals surface area contributed by atoms with E-state index in [-0.39, 0.29) is 6.54 Å². The van der Waals surface area contributed by atoms with Crippen molar-refractivity contribution < 1.29 is 0 Å². The van der Waals surface area contributed by atoms with E-state index in [9.17, 15) is 10.5 Å². The Morgan fingerprint density at radius 3 is 2.63 bits per heavy atom. The number of rotatable bonds is 6. The Labute approximate surface area is 207 Å². The number of benzene rings is 1. The zero-order chi connectivity index (χ0) is 24.8. The number of anilines is 2. The fourth-order valence-corrected chi connectivity index (χ4v) is 4.33. The fraction of sp³-hybridized carbons (Fsp3) is 0.393. The smallest absolute Gasteiger partial charge is 0.111 e. The average Bonchev–Trinajstić information content (AvgIpc) is 3.22. The molecule has 0 aliphatic carbocycles. The van der Waals surface area contributed by atoms with Crippen LogP contribution in [-0.4, -0.2) is 47.2 Å². The fourth-order valence-electron chi connectivity index (χ4n) is 4.33. The number of nitrogens with one attached hydrogen (secondary N) is 2.